The molecule has 2 aromatic carbocycles. The molecule has 1 heterocycles. The van der Waals surface area contributed by atoms with Gasteiger partial charge in [0.1, 0.15) is 5.82 Å². The van der Waals surface area contributed by atoms with Crippen molar-refractivity contribution in [3.8, 4) is 0 Å². The lowest BCUT2D eigenvalue weighted by Crippen LogP contribution is -2.08. The highest BCUT2D eigenvalue weighted by molar-refractivity contribution is 5.90. The molecule has 0 unspecified atom stereocenters. The van der Waals surface area contributed by atoms with Gasteiger partial charge in [-0.15, -0.1) is 6.58 Å². The summed E-state index contributed by atoms with van der Waals surface area (Å²) in [6.07, 6.45) is 5.98. The Morgan fingerprint density at radius 1 is 1.00 bits per heavy atom. The highest BCUT2D eigenvalue weighted by atomic mass is 15.1. The van der Waals surface area contributed by atoms with Crippen LogP contribution in [0.3, 0.4) is 0 Å². The molecule has 0 saturated carbocycles. The summed E-state index contributed by atoms with van der Waals surface area (Å²) in [5, 5.41) is 7.58. The molecule has 0 aliphatic rings. The zero-order valence-corrected chi connectivity index (χ0v) is 14.4. The molecule has 0 spiro atoms. The Morgan fingerprint density at radius 2 is 1.84 bits per heavy atom. The van der Waals surface area contributed by atoms with E-state index < -0.39 is 0 Å². The first kappa shape index (κ1) is 16.7. The molecule has 3 rings (SSSR count). The Bertz CT molecular complexity index is 885. The molecule has 0 aliphatic heterocycles. The lowest BCUT2D eigenvalue weighted by atomic mass is 10.1. The van der Waals surface area contributed by atoms with Crippen LogP contribution in [0.15, 0.2) is 67.3 Å². The maximum absolute atomic E-state index is 4.61. The number of anilines is 2. The van der Waals surface area contributed by atoms with Gasteiger partial charge in [0, 0.05) is 18.5 Å². The van der Waals surface area contributed by atoms with Crippen LogP contribution in [0.2, 0.25) is 0 Å². The van der Waals surface area contributed by atoms with Gasteiger partial charge in [-0.1, -0.05) is 60.2 Å². The molecule has 2 N–H and O–H groups in total. The van der Waals surface area contributed by atoms with Gasteiger partial charge in [0.15, 0.2) is 0 Å². The van der Waals surface area contributed by atoms with Gasteiger partial charge in [-0.25, -0.2) is 4.98 Å². The largest absolute Gasteiger partial charge is 0.366 e. The Morgan fingerprint density at radius 3 is 2.64 bits per heavy atom. The Labute approximate surface area is 148 Å². The maximum Gasteiger partial charge on any atom is 0.225 e. The molecule has 0 aliphatic carbocycles. The molecule has 0 amide bonds. The summed E-state index contributed by atoms with van der Waals surface area (Å²) >= 11 is 0. The Balaban J connectivity index is 1.81. The number of hydrogen-bond donors (Lipinski definition) is 2. The van der Waals surface area contributed by atoms with Crippen molar-refractivity contribution >= 4 is 28.7 Å². The third-order valence-corrected chi connectivity index (χ3v) is 3.75. The number of nitrogens with one attached hydrogen (secondary N) is 2. The molecule has 126 valence electrons. The number of aromatic nitrogens is 2. The monoisotopic (exact) mass is 330 g/mol. The van der Waals surface area contributed by atoms with E-state index in [9.17, 15) is 0 Å². The topological polar surface area (TPSA) is 49.8 Å². The highest BCUT2D eigenvalue weighted by Crippen LogP contribution is 2.23. The fourth-order valence-corrected chi connectivity index (χ4v) is 2.53. The molecule has 1 aromatic heterocycles. The summed E-state index contributed by atoms with van der Waals surface area (Å²) in [7, 11) is 0. The quantitative estimate of drug-likeness (QED) is 0.619. The minimum Gasteiger partial charge on any atom is -0.366 e. The van der Waals surface area contributed by atoms with E-state index in [0.29, 0.717) is 19.0 Å². The van der Waals surface area contributed by atoms with Gasteiger partial charge in [-0.05, 0) is 24.6 Å². The molecule has 25 heavy (non-hydrogen) atoms. The van der Waals surface area contributed by atoms with E-state index in [4.69, 9.17) is 0 Å². The lowest BCUT2D eigenvalue weighted by Gasteiger charge is -2.11. The predicted molar refractivity (Wildman–Crippen MR) is 107 cm³/mol. The van der Waals surface area contributed by atoms with E-state index in [1.807, 2.05) is 24.3 Å². The Kier molecular flexibility index (Phi) is 5.42. The lowest BCUT2D eigenvalue weighted by molar-refractivity contribution is 1.14. The van der Waals surface area contributed by atoms with Crippen molar-refractivity contribution in [3.05, 3.63) is 78.4 Å². The number of aryl methyl sites for hydroxylation is 1. The summed E-state index contributed by atoms with van der Waals surface area (Å²) in [5.74, 6) is 1.43. The standard InChI is InChI=1S/C21H22N4/c1-3-13-23-21-24-19-12-11-16(2)15-18(19)20(25-21)22-14-7-10-17-8-5-4-6-9-17/h3-12,15H,1,13-14H2,2H3,(H2,22,23,24,25)/b10-7+. The summed E-state index contributed by atoms with van der Waals surface area (Å²) in [5.41, 5.74) is 3.29. The van der Waals surface area contributed by atoms with Crippen molar-refractivity contribution in [3.63, 3.8) is 0 Å². The van der Waals surface area contributed by atoms with Crippen LogP contribution in [0.1, 0.15) is 11.1 Å². The fourth-order valence-electron chi connectivity index (χ4n) is 2.53. The van der Waals surface area contributed by atoms with Gasteiger partial charge < -0.3 is 10.6 Å². The zero-order valence-electron chi connectivity index (χ0n) is 14.4. The minimum atomic E-state index is 0.603. The molecular formula is C21H22N4. The van der Waals surface area contributed by atoms with Gasteiger partial charge in [0.25, 0.3) is 0 Å². The van der Waals surface area contributed by atoms with Crippen molar-refractivity contribution in [2.24, 2.45) is 0 Å². The van der Waals surface area contributed by atoms with E-state index in [1.54, 1.807) is 6.08 Å². The number of nitrogens with zero attached hydrogens (tertiary/aromatic N) is 2. The van der Waals surface area contributed by atoms with Crippen LogP contribution < -0.4 is 10.6 Å². The molecule has 0 bridgehead atoms. The summed E-state index contributed by atoms with van der Waals surface area (Å²) < 4.78 is 0. The second-order valence-electron chi connectivity index (χ2n) is 5.78. The van der Waals surface area contributed by atoms with Gasteiger partial charge in [-0.2, -0.15) is 4.98 Å². The van der Waals surface area contributed by atoms with E-state index in [2.05, 4.69) is 70.5 Å². The van der Waals surface area contributed by atoms with Crippen LogP contribution in [0.4, 0.5) is 11.8 Å². The summed E-state index contributed by atoms with van der Waals surface area (Å²) in [4.78, 5) is 9.17. The van der Waals surface area contributed by atoms with Gasteiger partial charge in [0.2, 0.25) is 5.95 Å². The van der Waals surface area contributed by atoms with Crippen LogP contribution in [0, 0.1) is 6.92 Å². The predicted octanol–water partition coefficient (Wildman–Crippen LogP) is 4.66. The minimum absolute atomic E-state index is 0.603. The van der Waals surface area contributed by atoms with Crippen LogP contribution in [-0.2, 0) is 0 Å². The van der Waals surface area contributed by atoms with Crippen molar-refractivity contribution in [2.75, 3.05) is 23.7 Å². The summed E-state index contributed by atoms with van der Waals surface area (Å²) in [6.45, 7) is 7.11. The first-order valence-corrected chi connectivity index (χ1v) is 8.35. The smallest absolute Gasteiger partial charge is 0.225 e. The van der Waals surface area contributed by atoms with Crippen molar-refractivity contribution in [1.82, 2.24) is 9.97 Å². The van der Waals surface area contributed by atoms with E-state index in [-0.39, 0.29) is 0 Å². The molecule has 0 radical (unpaired) electrons. The molecule has 0 fully saturated rings. The molecule has 0 atom stereocenters. The van der Waals surface area contributed by atoms with E-state index in [1.165, 1.54) is 11.1 Å². The number of rotatable bonds is 7. The van der Waals surface area contributed by atoms with Crippen LogP contribution in [0.25, 0.3) is 17.0 Å². The molecule has 4 nitrogen and oxygen atoms in total. The molecule has 4 heteroatoms. The van der Waals surface area contributed by atoms with Crippen LogP contribution in [-0.4, -0.2) is 23.1 Å². The molecular weight excluding hydrogens is 308 g/mol. The van der Waals surface area contributed by atoms with Gasteiger partial charge in [-0.3, -0.25) is 0 Å². The first-order chi connectivity index (χ1) is 12.3. The average molecular weight is 330 g/mol. The van der Waals surface area contributed by atoms with Crippen LogP contribution >= 0.6 is 0 Å². The normalized spacial score (nSPS) is 10.9. The second-order valence-corrected chi connectivity index (χ2v) is 5.78. The van der Waals surface area contributed by atoms with Crippen molar-refractivity contribution < 1.29 is 0 Å². The van der Waals surface area contributed by atoms with E-state index >= 15 is 0 Å². The SMILES string of the molecule is C=CCNc1nc(NC/C=C/c2ccccc2)c2cc(C)ccc2n1. The number of fused-ring (bicyclic) bond motifs is 1. The molecule has 3 aromatic rings. The second kappa shape index (κ2) is 8.11. The first-order valence-electron chi connectivity index (χ1n) is 8.35. The number of benzene rings is 2. The molecule has 0 saturated heterocycles. The average Bonchev–Trinajstić information content (AvgIpc) is 2.64. The van der Waals surface area contributed by atoms with Crippen molar-refractivity contribution in [1.29, 1.82) is 0 Å². The third-order valence-electron chi connectivity index (χ3n) is 3.75. The van der Waals surface area contributed by atoms with Crippen molar-refractivity contribution in [2.45, 2.75) is 6.92 Å². The number of hydrogen-bond acceptors (Lipinski definition) is 4. The van der Waals surface area contributed by atoms with E-state index in [0.717, 1.165) is 16.7 Å². The fraction of sp³-hybridized carbons (Fsp3) is 0.143. The van der Waals surface area contributed by atoms with Gasteiger partial charge in [0.05, 0.1) is 5.52 Å². The Hall–Kier alpha value is -3.14. The van der Waals surface area contributed by atoms with Gasteiger partial charge >= 0.3 is 0 Å². The zero-order chi connectivity index (χ0) is 17.5. The third kappa shape index (κ3) is 4.44. The van der Waals surface area contributed by atoms with Crippen LogP contribution in [0.5, 0.6) is 0 Å². The maximum atomic E-state index is 4.61. The highest BCUT2D eigenvalue weighted by Gasteiger charge is 2.07. The summed E-state index contributed by atoms with van der Waals surface area (Å²) in [6, 6.07) is 16.4.